The van der Waals surface area contributed by atoms with Crippen LogP contribution in [0.3, 0.4) is 0 Å². The van der Waals surface area contributed by atoms with Crippen molar-refractivity contribution in [2.45, 2.75) is 12.1 Å². The van der Waals surface area contributed by atoms with Crippen LogP contribution in [0.1, 0.15) is 11.6 Å². The second-order valence-electron chi connectivity index (χ2n) is 5.38. The SMILES string of the molecule is CNC[C@@H](O)[C@H](c1ccccc1)n1ccc2cccc(Cl)c21.Cl. The Morgan fingerprint density at radius 1 is 1.09 bits per heavy atom. The van der Waals surface area contributed by atoms with Gasteiger partial charge in [0.1, 0.15) is 0 Å². The van der Waals surface area contributed by atoms with E-state index in [1.165, 1.54) is 0 Å². The van der Waals surface area contributed by atoms with E-state index in [9.17, 15) is 5.11 Å². The van der Waals surface area contributed by atoms with Crippen molar-refractivity contribution in [3.63, 3.8) is 0 Å². The van der Waals surface area contributed by atoms with E-state index in [0.717, 1.165) is 16.5 Å². The monoisotopic (exact) mass is 350 g/mol. The first kappa shape index (κ1) is 17.8. The molecule has 5 heteroatoms. The molecule has 3 nitrogen and oxygen atoms in total. The highest BCUT2D eigenvalue weighted by Crippen LogP contribution is 2.31. The average Bonchev–Trinajstić information content (AvgIpc) is 2.94. The highest BCUT2D eigenvalue weighted by atomic mass is 35.5. The molecule has 2 N–H and O–H groups in total. The van der Waals surface area contributed by atoms with Crippen LogP contribution in [-0.2, 0) is 0 Å². The molecule has 1 aromatic heterocycles. The van der Waals surface area contributed by atoms with Crippen LogP contribution in [0, 0.1) is 0 Å². The number of aliphatic hydroxyl groups is 1. The minimum atomic E-state index is -0.556. The number of nitrogens with zero attached hydrogens (tertiary/aromatic N) is 1. The van der Waals surface area contributed by atoms with Crippen LogP contribution in [0.15, 0.2) is 60.8 Å². The lowest BCUT2D eigenvalue weighted by molar-refractivity contribution is 0.132. The standard InChI is InChI=1S/C18H19ClN2O.ClH/c1-20-12-16(22)18(13-6-3-2-4-7-13)21-11-10-14-8-5-9-15(19)17(14)21;/h2-11,16,18,20,22H,12H2,1H3;1H/t16-,18+;/m1./s1. The number of hydrogen-bond acceptors (Lipinski definition) is 2. The Labute approximate surface area is 147 Å². The first-order valence-corrected chi connectivity index (χ1v) is 7.73. The van der Waals surface area contributed by atoms with E-state index in [4.69, 9.17) is 11.6 Å². The molecule has 0 spiro atoms. The van der Waals surface area contributed by atoms with Gasteiger partial charge in [-0.1, -0.05) is 54.1 Å². The molecule has 1 heterocycles. The molecule has 0 bridgehead atoms. The number of rotatable bonds is 5. The number of nitrogens with one attached hydrogen (secondary N) is 1. The number of aliphatic hydroxyl groups excluding tert-OH is 1. The van der Waals surface area contributed by atoms with Crippen molar-refractivity contribution in [3.8, 4) is 0 Å². The summed E-state index contributed by atoms with van der Waals surface area (Å²) < 4.78 is 2.06. The van der Waals surface area contributed by atoms with Crippen LogP contribution >= 0.6 is 24.0 Å². The summed E-state index contributed by atoms with van der Waals surface area (Å²) in [6.45, 7) is 0.504. The van der Waals surface area contributed by atoms with Crippen molar-refractivity contribution < 1.29 is 5.11 Å². The topological polar surface area (TPSA) is 37.2 Å². The molecule has 23 heavy (non-hydrogen) atoms. The van der Waals surface area contributed by atoms with E-state index in [-0.39, 0.29) is 18.4 Å². The van der Waals surface area contributed by atoms with Crippen LogP contribution < -0.4 is 5.32 Å². The summed E-state index contributed by atoms with van der Waals surface area (Å²) in [5, 5.41) is 15.5. The number of benzene rings is 2. The summed E-state index contributed by atoms with van der Waals surface area (Å²) in [6.07, 6.45) is 1.44. The third kappa shape index (κ3) is 3.54. The molecule has 0 fully saturated rings. The molecule has 0 aliphatic heterocycles. The quantitative estimate of drug-likeness (QED) is 0.732. The zero-order valence-electron chi connectivity index (χ0n) is 12.8. The van der Waals surface area contributed by atoms with Gasteiger partial charge in [-0.15, -0.1) is 12.4 Å². The molecule has 0 amide bonds. The summed E-state index contributed by atoms with van der Waals surface area (Å²) >= 11 is 6.40. The lowest BCUT2D eigenvalue weighted by Crippen LogP contribution is -2.33. The van der Waals surface area contributed by atoms with Crippen molar-refractivity contribution in [3.05, 3.63) is 71.4 Å². The minimum absolute atomic E-state index is 0. The highest BCUT2D eigenvalue weighted by molar-refractivity contribution is 6.35. The van der Waals surface area contributed by atoms with Crippen LogP contribution in [0.4, 0.5) is 0 Å². The van der Waals surface area contributed by atoms with Gasteiger partial charge in [0.25, 0.3) is 0 Å². The molecule has 0 saturated heterocycles. The normalized spacial score (nSPS) is 13.5. The lowest BCUT2D eigenvalue weighted by Gasteiger charge is -2.26. The third-order valence-corrected chi connectivity index (χ3v) is 4.21. The largest absolute Gasteiger partial charge is 0.389 e. The maximum Gasteiger partial charge on any atom is 0.0912 e. The fraction of sp³-hybridized carbons (Fsp3) is 0.222. The summed E-state index contributed by atoms with van der Waals surface area (Å²) in [5.74, 6) is 0. The van der Waals surface area contributed by atoms with Crippen molar-refractivity contribution in [1.29, 1.82) is 0 Å². The van der Waals surface area contributed by atoms with Gasteiger partial charge in [0, 0.05) is 18.1 Å². The summed E-state index contributed by atoms with van der Waals surface area (Å²) in [6, 6.07) is 17.7. The number of likely N-dealkylation sites (N-methyl/N-ethyl adjacent to an activating group) is 1. The number of hydrogen-bond donors (Lipinski definition) is 2. The molecule has 122 valence electrons. The first-order chi connectivity index (χ1) is 10.7. The van der Waals surface area contributed by atoms with Crippen LogP contribution in [0.5, 0.6) is 0 Å². The Morgan fingerprint density at radius 3 is 2.52 bits per heavy atom. The second-order valence-corrected chi connectivity index (χ2v) is 5.79. The predicted molar refractivity (Wildman–Crippen MR) is 98.7 cm³/mol. The van der Waals surface area contributed by atoms with Crippen molar-refractivity contribution >= 4 is 34.9 Å². The Morgan fingerprint density at radius 2 is 1.83 bits per heavy atom. The van der Waals surface area contributed by atoms with Crippen LogP contribution in [0.2, 0.25) is 5.02 Å². The fourth-order valence-corrected chi connectivity index (χ4v) is 3.22. The van der Waals surface area contributed by atoms with E-state index in [2.05, 4.69) is 9.88 Å². The van der Waals surface area contributed by atoms with E-state index >= 15 is 0 Å². The van der Waals surface area contributed by atoms with Crippen molar-refractivity contribution in [2.75, 3.05) is 13.6 Å². The first-order valence-electron chi connectivity index (χ1n) is 7.35. The smallest absolute Gasteiger partial charge is 0.0912 e. The average molecular weight is 351 g/mol. The summed E-state index contributed by atoms with van der Waals surface area (Å²) in [7, 11) is 1.84. The van der Waals surface area contributed by atoms with Gasteiger partial charge in [0.05, 0.1) is 22.7 Å². The van der Waals surface area contributed by atoms with Gasteiger partial charge in [-0.3, -0.25) is 0 Å². The zero-order valence-corrected chi connectivity index (χ0v) is 14.4. The van der Waals surface area contributed by atoms with Gasteiger partial charge in [0.2, 0.25) is 0 Å². The Kier molecular flexibility index (Phi) is 6.08. The molecule has 0 unspecified atom stereocenters. The third-order valence-electron chi connectivity index (χ3n) is 3.91. The summed E-state index contributed by atoms with van der Waals surface area (Å²) in [4.78, 5) is 0. The maximum atomic E-state index is 10.7. The van der Waals surface area contributed by atoms with Gasteiger partial charge in [-0.25, -0.2) is 0 Å². The molecular weight excluding hydrogens is 331 g/mol. The van der Waals surface area contributed by atoms with E-state index in [1.54, 1.807) is 0 Å². The van der Waals surface area contributed by atoms with E-state index in [1.807, 2.05) is 67.8 Å². The second kappa shape index (κ2) is 7.84. The molecule has 0 saturated carbocycles. The van der Waals surface area contributed by atoms with Gasteiger partial charge < -0.3 is 15.0 Å². The van der Waals surface area contributed by atoms with Crippen molar-refractivity contribution in [2.24, 2.45) is 0 Å². The molecule has 3 rings (SSSR count). The minimum Gasteiger partial charge on any atom is -0.389 e. The fourth-order valence-electron chi connectivity index (χ4n) is 2.94. The Balaban J connectivity index is 0.00000192. The number of fused-ring (bicyclic) bond motifs is 1. The van der Waals surface area contributed by atoms with Crippen LogP contribution in [0.25, 0.3) is 10.9 Å². The molecule has 0 aliphatic carbocycles. The number of para-hydroxylation sites is 1. The van der Waals surface area contributed by atoms with Crippen molar-refractivity contribution in [1.82, 2.24) is 9.88 Å². The molecule has 2 atom stereocenters. The molecule has 0 aliphatic rings. The maximum absolute atomic E-state index is 10.7. The number of halogens is 2. The van der Waals surface area contributed by atoms with E-state index < -0.39 is 6.10 Å². The van der Waals surface area contributed by atoms with Gasteiger partial charge in [-0.05, 0) is 24.7 Å². The molecule has 3 aromatic rings. The van der Waals surface area contributed by atoms with E-state index in [0.29, 0.717) is 11.6 Å². The molecular formula is C18H20Cl2N2O. The Bertz CT molecular complexity index is 758. The summed E-state index contributed by atoms with van der Waals surface area (Å²) in [5.41, 5.74) is 2.01. The molecule has 2 aromatic carbocycles. The lowest BCUT2D eigenvalue weighted by atomic mass is 10.0. The molecule has 0 radical (unpaired) electrons. The van der Waals surface area contributed by atoms with Gasteiger partial charge in [0.15, 0.2) is 0 Å². The number of aromatic nitrogens is 1. The van der Waals surface area contributed by atoms with Gasteiger partial charge in [-0.2, -0.15) is 0 Å². The van der Waals surface area contributed by atoms with Crippen LogP contribution in [-0.4, -0.2) is 29.4 Å². The predicted octanol–water partition coefficient (Wildman–Crippen LogP) is 3.89. The Hall–Kier alpha value is -1.52. The van der Waals surface area contributed by atoms with Gasteiger partial charge >= 0.3 is 0 Å². The highest BCUT2D eigenvalue weighted by Gasteiger charge is 2.24. The zero-order chi connectivity index (χ0) is 15.5.